The molecule has 0 fully saturated rings. The summed E-state index contributed by atoms with van der Waals surface area (Å²) in [4.78, 5) is 23.8. The van der Waals surface area contributed by atoms with Gasteiger partial charge in [0.25, 0.3) is 0 Å². The molecule has 3 rings (SSSR count). The van der Waals surface area contributed by atoms with Crippen molar-refractivity contribution in [3.8, 4) is 5.69 Å². The lowest BCUT2D eigenvalue weighted by Crippen LogP contribution is -2.45. The van der Waals surface area contributed by atoms with Crippen molar-refractivity contribution in [3.63, 3.8) is 0 Å². The van der Waals surface area contributed by atoms with Gasteiger partial charge in [-0.05, 0) is 30.7 Å². The van der Waals surface area contributed by atoms with Gasteiger partial charge in [0.1, 0.15) is 0 Å². The summed E-state index contributed by atoms with van der Waals surface area (Å²) in [6.07, 6.45) is 3.54. The Morgan fingerprint density at radius 3 is 2.65 bits per heavy atom. The summed E-state index contributed by atoms with van der Waals surface area (Å²) < 4.78 is 6.56. The number of aromatic nitrogens is 2. The molecule has 118 valence electrons. The molecule has 2 heterocycles. The number of nitrogens with one attached hydrogen (secondary N) is 2. The topological polar surface area (TPSA) is 85.2 Å². The first-order valence-electron chi connectivity index (χ1n) is 7.06. The van der Waals surface area contributed by atoms with Crippen LogP contribution in [0.3, 0.4) is 0 Å². The summed E-state index contributed by atoms with van der Waals surface area (Å²) >= 11 is 0. The van der Waals surface area contributed by atoms with Crippen molar-refractivity contribution < 1.29 is 14.3 Å². The molecule has 2 aromatic rings. The maximum Gasteiger partial charge on any atom is 0.337 e. The van der Waals surface area contributed by atoms with Crippen molar-refractivity contribution in [2.45, 2.75) is 13.0 Å². The summed E-state index contributed by atoms with van der Waals surface area (Å²) in [5.41, 5.74) is 2.55. The predicted octanol–water partition coefficient (Wildman–Crippen LogP) is 1.67. The second-order valence-electron chi connectivity index (χ2n) is 5.10. The van der Waals surface area contributed by atoms with E-state index in [1.54, 1.807) is 17.8 Å². The molecule has 1 aliphatic heterocycles. The van der Waals surface area contributed by atoms with E-state index in [0.717, 1.165) is 11.3 Å². The van der Waals surface area contributed by atoms with Crippen molar-refractivity contribution in [1.29, 1.82) is 0 Å². The zero-order valence-electron chi connectivity index (χ0n) is 12.7. The summed E-state index contributed by atoms with van der Waals surface area (Å²) in [6.45, 7) is 1.68. The zero-order valence-corrected chi connectivity index (χ0v) is 12.7. The van der Waals surface area contributed by atoms with Crippen LogP contribution in [0.15, 0.2) is 54.0 Å². The monoisotopic (exact) mass is 312 g/mol. The first kappa shape index (κ1) is 14.8. The Kier molecular flexibility index (Phi) is 3.84. The first-order valence-corrected chi connectivity index (χ1v) is 7.06. The van der Waals surface area contributed by atoms with E-state index in [0.29, 0.717) is 11.3 Å². The van der Waals surface area contributed by atoms with Crippen LogP contribution in [0.4, 0.5) is 4.79 Å². The van der Waals surface area contributed by atoms with Crippen molar-refractivity contribution in [2.24, 2.45) is 0 Å². The molecule has 7 heteroatoms. The Morgan fingerprint density at radius 1 is 1.30 bits per heavy atom. The number of hydrogen-bond acceptors (Lipinski definition) is 4. The number of amides is 2. The fraction of sp³-hybridized carbons (Fsp3) is 0.188. The van der Waals surface area contributed by atoms with Crippen LogP contribution in [0.5, 0.6) is 0 Å². The van der Waals surface area contributed by atoms with Crippen LogP contribution in [0.1, 0.15) is 18.5 Å². The number of benzene rings is 1. The molecule has 1 aromatic carbocycles. The zero-order chi connectivity index (χ0) is 16.4. The summed E-state index contributed by atoms with van der Waals surface area (Å²) in [5, 5.41) is 9.51. The minimum Gasteiger partial charge on any atom is -0.466 e. The minimum absolute atomic E-state index is 0.351. The lowest BCUT2D eigenvalue weighted by atomic mass is 9.95. The number of methoxy groups -OCH3 is 1. The molecule has 0 spiro atoms. The summed E-state index contributed by atoms with van der Waals surface area (Å²) in [7, 11) is 1.32. The van der Waals surface area contributed by atoms with Gasteiger partial charge in [-0.3, -0.25) is 0 Å². The predicted molar refractivity (Wildman–Crippen MR) is 82.7 cm³/mol. The number of carbonyl (C=O) groups is 2. The van der Waals surface area contributed by atoms with Gasteiger partial charge in [0.2, 0.25) is 0 Å². The lowest BCUT2D eigenvalue weighted by molar-refractivity contribution is -0.136. The third-order valence-electron chi connectivity index (χ3n) is 3.67. The quantitative estimate of drug-likeness (QED) is 0.844. The fourth-order valence-corrected chi connectivity index (χ4v) is 2.57. The van der Waals surface area contributed by atoms with Gasteiger partial charge in [-0.2, -0.15) is 5.10 Å². The Balaban J connectivity index is 1.97. The standard InChI is InChI=1S/C16H16N4O3/c1-10-13(15(21)23-2)14(19-16(22)18-10)11-4-6-12(7-5-11)20-9-3-8-17-20/h3-9,14H,1-2H3,(H2,18,19,22)/t14-/m0/s1. The lowest BCUT2D eigenvalue weighted by Gasteiger charge is -2.27. The van der Waals surface area contributed by atoms with Crippen LogP contribution in [0, 0.1) is 0 Å². The smallest absolute Gasteiger partial charge is 0.337 e. The van der Waals surface area contributed by atoms with Gasteiger partial charge >= 0.3 is 12.0 Å². The Morgan fingerprint density at radius 2 is 2.04 bits per heavy atom. The third-order valence-corrected chi connectivity index (χ3v) is 3.67. The van der Waals surface area contributed by atoms with Gasteiger partial charge in [0.05, 0.1) is 24.4 Å². The van der Waals surface area contributed by atoms with Crippen LogP contribution in [-0.4, -0.2) is 28.9 Å². The van der Waals surface area contributed by atoms with Crippen molar-refractivity contribution in [1.82, 2.24) is 20.4 Å². The molecule has 0 aliphatic carbocycles. The van der Waals surface area contributed by atoms with Gasteiger partial charge in [-0.25, -0.2) is 14.3 Å². The highest BCUT2D eigenvalue weighted by atomic mass is 16.5. The first-order chi connectivity index (χ1) is 11.1. The highest BCUT2D eigenvalue weighted by molar-refractivity contribution is 5.94. The Hall–Kier alpha value is -3.09. The van der Waals surface area contributed by atoms with E-state index in [1.165, 1.54) is 7.11 Å². The molecule has 0 bridgehead atoms. The van der Waals surface area contributed by atoms with Crippen LogP contribution >= 0.6 is 0 Å². The number of ether oxygens (including phenoxy) is 1. The number of rotatable bonds is 3. The number of allylic oxidation sites excluding steroid dienone is 1. The maximum atomic E-state index is 12.0. The highest BCUT2D eigenvalue weighted by Crippen LogP contribution is 2.28. The SMILES string of the molecule is COC(=O)C1=C(C)NC(=O)N[C@H]1c1ccc(-n2cccn2)cc1. The molecule has 2 N–H and O–H groups in total. The van der Waals surface area contributed by atoms with Gasteiger partial charge in [-0.1, -0.05) is 12.1 Å². The maximum absolute atomic E-state index is 12.0. The van der Waals surface area contributed by atoms with Crippen LogP contribution in [0.2, 0.25) is 0 Å². The molecule has 23 heavy (non-hydrogen) atoms. The molecule has 1 aliphatic rings. The summed E-state index contributed by atoms with van der Waals surface area (Å²) in [5.74, 6) is -0.476. The van der Waals surface area contributed by atoms with Crippen molar-refractivity contribution in [2.75, 3.05) is 7.11 Å². The number of nitrogens with zero attached hydrogens (tertiary/aromatic N) is 2. The molecule has 7 nitrogen and oxygen atoms in total. The molecular formula is C16H16N4O3. The molecule has 0 radical (unpaired) electrons. The van der Waals surface area contributed by atoms with E-state index in [4.69, 9.17) is 4.74 Å². The average Bonchev–Trinajstić information content (AvgIpc) is 3.08. The molecule has 0 saturated heterocycles. The van der Waals surface area contributed by atoms with Gasteiger partial charge in [-0.15, -0.1) is 0 Å². The molecule has 1 aromatic heterocycles. The number of urea groups is 1. The van der Waals surface area contributed by atoms with E-state index in [1.807, 2.05) is 36.5 Å². The van der Waals surface area contributed by atoms with Crippen LogP contribution in [0.25, 0.3) is 5.69 Å². The number of hydrogen-bond donors (Lipinski definition) is 2. The number of esters is 1. The number of carbonyl (C=O) groups excluding carboxylic acids is 2. The Labute approximate surface area is 132 Å². The van der Waals surface area contributed by atoms with E-state index in [2.05, 4.69) is 15.7 Å². The van der Waals surface area contributed by atoms with Crippen molar-refractivity contribution >= 4 is 12.0 Å². The van der Waals surface area contributed by atoms with Gasteiger partial charge < -0.3 is 15.4 Å². The highest BCUT2D eigenvalue weighted by Gasteiger charge is 2.31. The molecule has 0 unspecified atom stereocenters. The Bertz CT molecular complexity index is 763. The second kappa shape index (κ2) is 5.96. The average molecular weight is 312 g/mol. The van der Waals surface area contributed by atoms with Gasteiger partial charge in [0.15, 0.2) is 0 Å². The van der Waals surface area contributed by atoms with Gasteiger partial charge in [0, 0.05) is 18.1 Å². The van der Waals surface area contributed by atoms with E-state index < -0.39 is 12.0 Å². The third kappa shape index (κ3) is 2.80. The van der Waals surface area contributed by atoms with E-state index >= 15 is 0 Å². The minimum atomic E-state index is -0.553. The molecule has 0 saturated carbocycles. The molecule has 1 atom stereocenters. The largest absolute Gasteiger partial charge is 0.466 e. The van der Waals surface area contributed by atoms with E-state index in [9.17, 15) is 9.59 Å². The van der Waals surface area contributed by atoms with Crippen molar-refractivity contribution in [3.05, 3.63) is 59.6 Å². The fourth-order valence-electron chi connectivity index (χ4n) is 2.57. The normalized spacial score (nSPS) is 17.5. The second-order valence-corrected chi connectivity index (χ2v) is 5.10. The molecule has 2 amide bonds. The van der Waals surface area contributed by atoms with Crippen LogP contribution in [-0.2, 0) is 9.53 Å². The summed E-state index contributed by atoms with van der Waals surface area (Å²) in [6, 6.07) is 8.39. The molecular weight excluding hydrogens is 296 g/mol. The van der Waals surface area contributed by atoms with E-state index in [-0.39, 0.29) is 6.03 Å². The van der Waals surface area contributed by atoms with Crippen LogP contribution < -0.4 is 10.6 Å².